The number of ether oxygens (including phenoxy) is 3. The molecule has 53 heavy (non-hydrogen) atoms. The Morgan fingerprint density at radius 2 is 1.70 bits per heavy atom. The molecule has 4 aromatic rings. The Morgan fingerprint density at radius 3 is 2.45 bits per heavy atom. The third-order valence-corrected chi connectivity index (χ3v) is 9.49. The van der Waals surface area contributed by atoms with Crippen LogP contribution in [0, 0.1) is 5.92 Å². The number of hydrogen-bond donors (Lipinski definition) is 4. The fourth-order valence-corrected chi connectivity index (χ4v) is 6.33. The molecule has 0 spiro atoms. The predicted molar refractivity (Wildman–Crippen MR) is 208 cm³/mol. The number of carbonyl (C=O) groups excluding carboxylic acids is 3. The molecule has 4 atom stereocenters. The summed E-state index contributed by atoms with van der Waals surface area (Å²) in [5, 5.41) is 20.9. The maximum Gasteiger partial charge on any atom is 0.323 e. The number of likely N-dealkylation sites (N-methyl/N-ethyl adjacent to an activating group) is 1. The second-order valence-electron chi connectivity index (χ2n) is 13.7. The first-order valence-electron chi connectivity index (χ1n) is 18.1. The van der Waals surface area contributed by atoms with Crippen molar-refractivity contribution in [2.24, 2.45) is 5.92 Å². The number of nitrogens with zero attached hydrogens (tertiary/aromatic N) is 2. The van der Waals surface area contributed by atoms with Gasteiger partial charge in [-0.05, 0) is 87.0 Å². The normalized spacial score (nSPS) is 18.9. The van der Waals surface area contributed by atoms with Crippen LogP contribution in [0.15, 0.2) is 84.9 Å². The minimum Gasteiger partial charge on any atom is -0.497 e. The van der Waals surface area contributed by atoms with Crippen molar-refractivity contribution in [1.29, 1.82) is 0 Å². The van der Waals surface area contributed by atoms with Gasteiger partial charge in [0.15, 0.2) is 0 Å². The zero-order valence-corrected chi connectivity index (χ0v) is 31.1. The number of aliphatic hydroxyl groups excluding tert-OH is 1. The number of benzene rings is 4. The minimum absolute atomic E-state index is 0.204. The number of aliphatic hydroxyl groups is 1. The van der Waals surface area contributed by atoms with E-state index in [1.807, 2.05) is 56.3 Å². The maximum atomic E-state index is 14.5. The first-order valence-corrected chi connectivity index (χ1v) is 18.1. The molecule has 0 unspecified atom stereocenters. The standard InChI is InChI=1S/C41H51N5O7/c1-27-24-46(28(2)26-47)39(48)35-23-32(42-40(49)44-36-15-10-13-30-12-6-7-14-34(30)36)18-21-37(35)53-29(3)11-8-9-22-52-38(27)25-45(4)41(50)43-31-16-19-33(51-5)20-17-31/h6-7,10,12-21,23,27-29,38,47H,8-9,11,22,24-26H2,1-5H3,(H,43,50)(H2,42,44,49)/t27-,28+,29+,38+/m1/s1. The molecule has 12 heteroatoms. The average molecular weight is 726 g/mol. The summed E-state index contributed by atoms with van der Waals surface area (Å²) in [5.74, 6) is 0.487. The second kappa shape index (κ2) is 18.4. The summed E-state index contributed by atoms with van der Waals surface area (Å²) in [6, 6.07) is 24.3. The van der Waals surface area contributed by atoms with E-state index in [0.717, 1.165) is 30.0 Å². The number of carbonyl (C=O) groups is 3. The van der Waals surface area contributed by atoms with Gasteiger partial charge in [-0.15, -0.1) is 0 Å². The molecule has 1 aliphatic heterocycles. The molecule has 282 valence electrons. The monoisotopic (exact) mass is 725 g/mol. The molecular formula is C41H51N5O7. The minimum atomic E-state index is -0.550. The summed E-state index contributed by atoms with van der Waals surface area (Å²) in [6.07, 6.45) is 1.73. The van der Waals surface area contributed by atoms with Crippen LogP contribution in [0.2, 0.25) is 0 Å². The van der Waals surface area contributed by atoms with Gasteiger partial charge in [0.2, 0.25) is 0 Å². The van der Waals surface area contributed by atoms with Crippen molar-refractivity contribution >= 4 is 45.8 Å². The maximum absolute atomic E-state index is 14.5. The van der Waals surface area contributed by atoms with Crippen molar-refractivity contribution in [3.05, 3.63) is 90.5 Å². The van der Waals surface area contributed by atoms with Gasteiger partial charge >= 0.3 is 12.1 Å². The summed E-state index contributed by atoms with van der Waals surface area (Å²) >= 11 is 0. The van der Waals surface area contributed by atoms with Crippen LogP contribution < -0.4 is 25.4 Å². The molecule has 1 aliphatic rings. The van der Waals surface area contributed by atoms with E-state index in [-0.39, 0.29) is 49.2 Å². The molecule has 0 radical (unpaired) electrons. The lowest BCUT2D eigenvalue weighted by Gasteiger charge is -2.35. The highest BCUT2D eigenvalue weighted by Gasteiger charge is 2.31. The summed E-state index contributed by atoms with van der Waals surface area (Å²) < 4.78 is 18.0. The quantitative estimate of drug-likeness (QED) is 0.148. The summed E-state index contributed by atoms with van der Waals surface area (Å²) in [5.41, 5.74) is 1.95. The molecule has 12 nitrogen and oxygen atoms in total. The smallest absolute Gasteiger partial charge is 0.323 e. The molecule has 0 saturated heterocycles. The van der Waals surface area contributed by atoms with E-state index in [4.69, 9.17) is 14.2 Å². The van der Waals surface area contributed by atoms with Crippen LogP contribution >= 0.6 is 0 Å². The highest BCUT2D eigenvalue weighted by Crippen LogP contribution is 2.29. The Balaban J connectivity index is 1.36. The highest BCUT2D eigenvalue weighted by molar-refractivity contribution is 6.07. The molecule has 5 rings (SSSR count). The number of anilines is 3. The Kier molecular flexibility index (Phi) is 13.5. The fourth-order valence-electron chi connectivity index (χ4n) is 6.33. The van der Waals surface area contributed by atoms with Gasteiger partial charge < -0.3 is 45.1 Å². The van der Waals surface area contributed by atoms with Gasteiger partial charge in [0.25, 0.3) is 5.91 Å². The molecule has 0 aliphatic carbocycles. The van der Waals surface area contributed by atoms with Crippen molar-refractivity contribution in [2.45, 2.75) is 58.3 Å². The molecule has 4 aromatic carbocycles. The molecular weight excluding hydrogens is 674 g/mol. The van der Waals surface area contributed by atoms with Gasteiger partial charge in [-0.25, -0.2) is 9.59 Å². The van der Waals surface area contributed by atoms with Gasteiger partial charge in [0.05, 0.1) is 43.2 Å². The first-order chi connectivity index (χ1) is 25.6. The Bertz CT molecular complexity index is 1850. The number of urea groups is 2. The van der Waals surface area contributed by atoms with E-state index in [1.54, 1.807) is 73.3 Å². The molecule has 0 bridgehead atoms. The lowest BCUT2D eigenvalue weighted by molar-refractivity contribution is -0.0115. The first kappa shape index (κ1) is 38.9. The van der Waals surface area contributed by atoms with Crippen molar-refractivity contribution in [2.75, 3.05) is 56.4 Å². The fraction of sp³-hybridized carbons (Fsp3) is 0.390. The number of fused-ring (bicyclic) bond motifs is 2. The van der Waals surface area contributed by atoms with Crippen LogP contribution in [0.3, 0.4) is 0 Å². The molecule has 5 amide bonds. The Morgan fingerprint density at radius 1 is 0.962 bits per heavy atom. The third-order valence-electron chi connectivity index (χ3n) is 9.49. The SMILES string of the molecule is COc1ccc(NC(=O)N(C)C[C@@H]2OCCCC[C@H](C)Oc3ccc(NC(=O)Nc4cccc5ccccc45)cc3C(=O)N([C@@H](C)CO)C[C@H]2C)cc1. The zero-order chi connectivity index (χ0) is 37.9. The second-order valence-corrected chi connectivity index (χ2v) is 13.7. The van der Waals surface area contributed by atoms with Crippen LogP contribution in [0.25, 0.3) is 10.8 Å². The van der Waals surface area contributed by atoms with Crippen molar-refractivity contribution in [3.8, 4) is 11.5 Å². The largest absolute Gasteiger partial charge is 0.497 e. The van der Waals surface area contributed by atoms with Gasteiger partial charge in [-0.2, -0.15) is 0 Å². The highest BCUT2D eigenvalue weighted by atomic mass is 16.5. The van der Waals surface area contributed by atoms with Crippen molar-refractivity contribution in [1.82, 2.24) is 9.80 Å². The van der Waals surface area contributed by atoms with Crippen molar-refractivity contribution in [3.63, 3.8) is 0 Å². The summed E-state index contributed by atoms with van der Waals surface area (Å²) in [4.78, 5) is 44.1. The molecule has 0 saturated carbocycles. The number of rotatable bonds is 8. The van der Waals surface area contributed by atoms with Gasteiger partial charge in [0.1, 0.15) is 11.5 Å². The van der Waals surface area contributed by atoms with Crippen molar-refractivity contribution < 1.29 is 33.7 Å². The number of amides is 5. The lowest BCUT2D eigenvalue weighted by atomic mass is 10.0. The topological polar surface area (TPSA) is 142 Å². The van der Waals surface area contributed by atoms with Crippen LogP contribution in [-0.2, 0) is 4.74 Å². The third kappa shape index (κ3) is 10.4. The average Bonchev–Trinajstić information content (AvgIpc) is 3.16. The van der Waals surface area contributed by atoms with E-state index in [0.29, 0.717) is 35.2 Å². The van der Waals surface area contributed by atoms with E-state index in [2.05, 4.69) is 16.0 Å². The lowest BCUT2D eigenvalue weighted by Crippen LogP contribution is -2.48. The molecule has 0 fully saturated rings. The number of hydrogen-bond acceptors (Lipinski definition) is 7. The molecule has 4 N–H and O–H groups in total. The number of methoxy groups -OCH3 is 1. The Hall–Kier alpha value is -5.33. The summed E-state index contributed by atoms with van der Waals surface area (Å²) in [6.45, 7) is 6.42. The zero-order valence-electron chi connectivity index (χ0n) is 31.1. The molecule has 0 aromatic heterocycles. The van der Waals surface area contributed by atoms with E-state index >= 15 is 0 Å². The van der Waals surface area contributed by atoms with Crippen LogP contribution in [0.4, 0.5) is 26.7 Å². The van der Waals surface area contributed by atoms with Crippen LogP contribution in [0.5, 0.6) is 11.5 Å². The van der Waals surface area contributed by atoms with Gasteiger partial charge in [0, 0.05) is 49.4 Å². The molecule has 1 heterocycles. The summed E-state index contributed by atoms with van der Waals surface area (Å²) in [7, 11) is 3.29. The van der Waals surface area contributed by atoms with Crippen LogP contribution in [-0.4, -0.2) is 91.6 Å². The Labute approximate surface area is 311 Å². The van der Waals surface area contributed by atoms with Crippen LogP contribution in [0.1, 0.15) is 50.4 Å². The van der Waals surface area contributed by atoms with Gasteiger partial charge in [-0.3, -0.25) is 4.79 Å². The van der Waals surface area contributed by atoms with E-state index < -0.39 is 18.2 Å². The van der Waals surface area contributed by atoms with Gasteiger partial charge in [-0.1, -0.05) is 43.3 Å². The predicted octanol–water partition coefficient (Wildman–Crippen LogP) is 7.45. The van der Waals surface area contributed by atoms with E-state index in [9.17, 15) is 19.5 Å². The number of nitrogens with one attached hydrogen (secondary N) is 3. The van der Waals surface area contributed by atoms with E-state index in [1.165, 1.54) is 0 Å².